The average molecular weight is 336 g/mol. The van der Waals surface area contributed by atoms with Gasteiger partial charge in [0.25, 0.3) is 0 Å². The minimum Gasteiger partial charge on any atom is -0.496 e. The van der Waals surface area contributed by atoms with E-state index in [-0.39, 0.29) is 0 Å². The number of hydrogen-bond donors (Lipinski definition) is 1. The summed E-state index contributed by atoms with van der Waals surface area (Å²) >= 11 is 3.49. The highest BCUT2D eigenvalue weighted by Gasteiger charge is 2.15. The number of aryl methyl sites for hydroxylation is 1. The van der Waals surface area contributed by atoms with Gasteiger partial charge in [-0.3, -0.25) is 0 Å². The summed E-state index contributed by atoms with van der Waals surface area (Å²) in [6, 6.07) is 5.83. The molecule has 0 radical (unpaired) electrons. The number of rotatable bonds is 5. The zero-order valence-electron chi connectivity index (χ0n) is 11.7. The van der Waals surface area contributed by atoms with Gasteiger partial charge in [-0.15, -0.1) is 6.58 Å². The van der Waals surface area contributed by atoms with Gasteiger partial charge in [-0.2, -0.15) is 0 Å². The molecule has 0 saturated carbocycles. The molecule has 5 heteroatoms. The minimum atomic E-state index is 0.666. The maximum absolute atomic E-state index is 6.22. The predicted molar refractivity (Wildman–Crippen MR) is 85.9 cm³/mol. The van der Waals surface area contributed by atoms with Crippen molar-refractivity contribution >= 4 is 21.7 Å². The van der Waals surface area contributed by atoms with Crippen LogP contribution >= 0.6 is 15.9 Å². The summed E-state index contributed by atoms with van der Waals surface area (Å²) in [5.74, 6) is 2.41. The third kappa shape index (κ3) is 2.58. The second kappa shape index (κ2) is 6.13. The van der Waals surface area contributed by atoms with E-state index in [0.717, 1.165) is 33.7 Å². The van der Waals surface area contributed by atoms with E-state index >= 15 is 0 Å². The summed E-state index contributed by atoms with van der Waals surface area (Å²) < 4.78 is 8.11. The lowest BCUT2D eigenvalue weighted by Crippen LogP contribution is -2.05. The van der Waals surface area contributed by atoms with Crippen LogP contribution in [0.15, 0.2) is 35.3 Å². The Kier molecular flexibility index (Phi) is 4.49. The summed E-state index contributed by atoms with van der Waals surface area (Å²) in [5.41, 5.74) is 7.99. The fourth-order valence-corrected chi connectivity index (χ4v) is 2.68. The zero-order chi connectivity index (χ0) is 14.7. The van der Waals surface area contributed by atoms with Crippen LogP contribution in [-0.4, -0.2) is 16.7 Å². The van der Waals surface area contributed by atoms with Gasteiger partial charge >= 0.3 is 0 Å². The first-order chi connectivity index (χ1) is 9.62. The smallest absolute Gasteiger partial charge is 0.133 e. The van der Waals surface area contributed by atoms with Crippen molar-refractivity contribution in [2.75, 3.05) is 12.8 Å². The van der Waals surface area contributed by atoms with Crippen LogP contribution in [0.25, 0.3) is 11.3 Å². The van der Waals surface area contributed by atoms with Crippen LogP contribution in [0.4, 0.5) is 5.82 Å². The van der Waals surface area contributed by atoms with Crippen molar-refractivity contribution in [3.05, 3.63) is 41.2 Å². The molecule has 0 bridgehead atoms. The molecule has 20 heavy (non-hydrogen) atoms. The zero-order valence-corrected chi connectivity index (χ0v) is 13.3. The van der Waals surface area contributed by atoms with Crippen molar-refractivity contribution in [2.24, 2.45) is 0 Å². The third-order valence-corrected chi connectivity index (χ3v) is 3.76. The van der Waals surface area contributed by atoms with Gasteiger partial charge in [0.2, 0.25) is 0 Å². The highest BCUT2D eigenvalue weighted by atomic mass is 79.9. The molecule has 0 saturated heterocycles. The van der Waals surface area contributed by atoms with Crippen LogP contribution < -0.4 is 10.5 Å². The van der Waals surface area contributed by atoms with Crippen LogP contribution in [0.1, 0.15) is 12.7 Å². The van der Waals surface area contributed by atoms with E-state index in [4.69, 9.17) is 10.5 Å². The van der Waals surface area contributed by atoms with E-state index in [1.54, 1.807) is 7.11 Å². The van der Waals surface area contributed by atoms with Crippen molar-refractivity contribution in [1.82, 2.24) is 9.55 Å². The first kappa shape index (κ1) is 14.7. The van der Waals surface area contributed by atoms with Crippen molar-refractivity contribution in [3.63, 3.8) is 0 Å². The number of methoxy groups -OCH3 is 1. The van der Waals surface area contributed by atoms with Gasteiger partial charge in [-0.25, -0.2) is 4.98 Å². The number of halogens is 1. The maximum Gasteiger partial charge on any atom is 0.133 e. The molecule has 1 aromatic carbocycles. The molecular formula is C15H18BrN3O. The lowest BCUT2D eigenvalue weighted by Gasteiger charge is -2.07. The van der Waals surface area contributed by atoms with E-state index < -0.39 is 0 Å². The molecule has 2 N–H and O–H groups in total. The molecule has 0 atom stereocenters. The number of aromatic nitrogens is 2. The van der Waals surface area contributed by atoms with Crippen LogP contribution in [0.3, 0.4) is 0 Å². The Bertz CT molecular complexity index is 634. The Morgan fingerprint density at radius 1 is 1.50 bits per heavy atom. The number of nitrogens with zero attached hydrogens (tertiary/aromatic N) is 2. The Morgan fingerprint density at radius 2 is 2.25 bits per heavy atom. The largest absolute Gasteiger partial charge is 0.496 e. The van der Waals surface area contributed by atoms with Crippen LogP contribution in [0.5, 0.6) is 5.75 Å². The summed E-state index contributed by atoms with van der Waals surface area (Å²) in [6.07, 6.45) is 2.65. The van der Waals surface area contributed by atoms with Gasteiger partial charge in [0.15, 0.2) is 0 Å². The molecule has 0 aliphatic rings. The van der Waals surface area contributed by atoms with Crippen LogP contribution in [0.2, 0.25) is 0 Å². The molecule has 1 heterocycles. The average Bonchev–Trinajstić information content (AvgIpc) is 2.76. The Morgan fingerprint density at radius 3 is 2.80 bits per heavy atom. The number of anilines is 1. The van der Waals surface area contributed by atoms with E-state index in [0.29, 0.717) is 12.4 Å². The topological polar surface area (TPSA) is 53.1 Å². The van der Waals surface area contributed by atoms with E-state index in [9.17, 15) is 0 Å². The monoisotopic (exact) mass is 335 g/mol. The van der Waals surface area contributed by atoms with Crippen molar-refractivity contribution in [1.29, 1.82) is 0 Å². The maximum atomic E-state index is 6.22. The highest BCUT2D eigenvalue weighted by molar-refractivity contribution is 9.10. The minimum absolute atomic E-state index is 0.666. The van der Waals surface area contributed by atoms with Crippen molar-refractivity contribution in [2.45, 2.75) is 19.9 Å². The second-order valence-electron chi connectivity index (χ2n) is 4.36. The predicted octanol–water partition coefficient (Wildman–Crippen LogP) is 3.65. The first-order valence-corrected chi connectivity index (χ1v) is 7.21. The first-order valence-electron chi connectivity index (χ1n) is 6.42. The fourth-order valence-electron chi connectivity index (χ4n) is 2.14. The Labute approximate surface area is 127 Å². The molecule has 0 fully saturated rings. The standard InChI is InChI=1S/C15H18BrN3O/c1-4-8-19-13(5-2)18-14(15(19)17)10-6-7-12(20-3)11(16)9-10/h4,6-7,9H,1,5,8,17H2,2-3H3. The second-order valence-corrected chi connectivity index (χ2v) is 5.22. The lowest BCUT2D eigenvalue weighted by atomic mass is 10.1. The summed E-state index contributed by atoms with van der Waals surface area (Å²) in [4.78, 5) is 4.64. The molecule has 0 aliphatic heterocycles. The summed E-state index contributed by atoms with van der Waals surface area (Å²) in [5, 5.41) is 0. The Balaban J connectivity index is 2.52. The molecule has 0 aliphatic carbocycles. The van der Waals surface area contributed by atoms with Gasteiger partial charge in [0, 0.05) is 18.5 Å². The van der Waals surface area contributed by atoms with Gasteiger partial charge in [-0.05, 0) is 34.1 Å². The molecule has 1 aromatic heterocycles. The number of nitrogens with two attached hydrogens (primary N) is 1. The number of allylic oxidation sites excluding steroid dienone is 1. The number of imidazole rings is 1. The number of ether oxygens (including phenoxy) is 1. The molecule has 2 rings (SSSR count). The fraction of sp³-hybridized carbons (Fsp3) is 0.267. The highest BCUT2D eigenvalue weighted by Crippen LogP contribution is 2.33. The third-order valence-electron chi connectivity index (χ3n) is 3.14. The van der Waals surface area contributed by atoms with E-state index in [2.05, 4.69) is 34.4 Å². The van der Waals surface area contributed by atoms with E-state index in [1.807, 2.05) is 28.8 Å². The van der Waals surface area contributed by atoms with Crippen LogP contribution in [0, 0.1) is 0 Å². The van der Waals surface area contributed by atoms with Gasteiger partial charge < -0.3 is 15.0 Å². The van der Waals surface area contributed by atoms with Crippen molar-refractivity contribution in [3.8, 4) is 17.0 Å². The number of nitrogen functional groups attached to an aromatic ring is 1. The van der Waals surface area contributed by atoms with E-state index in [1.165, 1.54) is 0 Å². The normalized spacial score (nSPS) is 10.6. The lowest BCUT2D eigenvalue weighted by molar-refractivity contribution is 0.412. The SMILES string of the molecule is C=CCn1c(CC)nc(-c2ccc(OC)c(Br)c2)c1N. The van der Waals surface area contributed by atoms with Crippen molar-refractivity contribution < 1.29 is 4.74 Å². The van der Waals surface area contributed by atoms with Gasteiger partial charge in [-0.1, -0.05) is 13.0 Å². The Hall–Kier alpha value is -1.75. The van der Waals surface area contributed by atoms with Gasteiger partial charge in [0.05, 0.1) is 11.6 Å². The molecule has 4 nitrogen and oxygen atoms in total. The summed E-state index contributed by atoms with van der Waals surface area (Å²) in [6.45, 7) is 6.49. The molecule has 0 amide bonds. The summed E-state index contributed by atoms with van der Waals surface area (Å²) in [7, 11) is 1.64. The molecule has 2 aromatic rings. The molecule has 106 valence electrons. The molecule has 0 unspecified atom stereocenters. The molecular weight excluding hydrogens is 318 g/mol. The molecule has 0 spiro atoms. The number of hydrogen-bond acceptors (Lipinski definition) is 3. The van der Waals surface area contributed by atoms with Crippen LogP contribution in [-0.2, 0) is 13.0 Å². The number of benzene rings is 1. The quantitative estimate of drug-likeness (QED) is 0.848. The van der Waals surface area contributed by atoms with Gasteiger partial charge in [0.1, 0.15) is 23.1 Å².